The fourth-order valence-corrected chi connectivity index (χ4v) is 2.86. The van der Waals surface area contributed by atoms with Crippen molar-refractivity contribution < 1.29 is 14.7 Å². The van der Waals surface area contributed by atoms with Gasteiger partial charge >= 0.3 is 0 Å². The molecule has 2 aromatic rings. The number of benzene rings is 2. The molecule has 0 spiro atoms. The molecule has 0 atom stereocenters. The quantitative estimate of drug-likeness (QED) is 0.398. The Morgan fingerprint density at radius 2 is 1.64 bits per heavy atom. The summed E-state index contributed by atoms with van der Waals surface area (Å²) in [4.78, 5) is 24.4. The van der Waals surface area contributed by atoms with Crippen LogP contribution in [0.25, 0.3) is 0 Å². The van der Waals surface area contributed by atoms with Gasteiger partial charge in [0.1, 0.15) is 0 Å². The number of anilines is 1. The SMILES string of the molecule is O=C(NC(=S)Nc1ccccc1C(=O)NCCO)c1ccccc1I. The summed E-state index contributed by atoms with van der Waals surface area (Å²) in [5.74, 6) is -0.673. The predicted molar refractivity (Wildman–Crippen MR) is 109 cm³/mol. The fraction of sp³-hybridized carbons (Fsp3) is 0.118. The first-order chi connectivity index (χ1) is 12.0. The Kier molecular flexibility index (Phi) is 7.29. The Hall–Kier alpha value is -2.04. The maximum absolute atomic E-state index is 12.3. The van der Waals surface area contributed by atoms with Crippen LogP contribution in [0.1, 0.15) is 20.7 Å². The monoisotopic (exact) mass is 469 g/mol. The second-order valence-corrected chi connectivity index (χ2v) is 6.48. The van der Waals surface area contributed by atoms with Gasteiger partial charge in [-0.05, 0) is 59.1 Å². The van der Waals surface area contributed by atoms with E-state index in [1.165, 1.54) is 0 Å². The molecule has 6 nitrogen and oxygen atoms in total. The van der Waals surface area contributed by atoms with E-state index in [0.717, 1.165) is 3.57 Å². The maximum atomic E-state index is 12.3. The molecular weight excluding hydrogens is 453 g/mol. The van der Waals surface area contributed by atoms with E-state index in [9.17, 15) is 9.59 Å². The molecule has 0 aromatic heterocycles. The van der Waals surface area contributed by atoms with Crippen LogP contribution in [0.4, 0.5) is 5.69 Å². The normalized spacial score (nSPS) is 10.0. The van der Waals surface area contributed by atoms with E-state index < -0.39 is 0 Å². The number of thiocarbonyl (C=S) groups is 1. The van der Waals surface area contributed by atoms with Crippen molar-refractivity contribution in [3.8, 4) is 0 Å². The van der Waals surface area contributed by atoms with E-state index in [-0.39, 0.29) is 30.1 Å². The number of aliphatic hydroxyl groups is 1. The first-order valence-electron chi connectivity index (χ1n) is 7.38. The van der Waals surface area contributed by atoms with Gasteiger partial charge in [-0.1, -0.05) is 24.3 Å². The number of nitrogens with one attached hydrogen (secondary N) is 3. The van der Waals surface area contributed by atoms with Gasteiger partial charge in [0.25, 0.3) is 11.8 Å². The molecule has 0 fully saturated rings. The van der Waals surface area contributed by atoms with Crippen molar-refractivity contribution in [2.45, 2.75) is 0 Å². The Morgan fingerprint density at radius 1 is 1.00 bits per heavy atom. The summed E-state index contributed by atoms with van der Waals surface area (Å²) in [5, 5.41) is 16.9. The van der Waals surface area contributed by atoms with Gasteiger partial charge in [0.15, 0.2) is 5.11 Å². The van der Waals surface area contributed by atoms with Crippen molar-refractivity contribution in [1.82, 2.24) is 10.6 Å². The van der Waals surface area contributed by atoms with Crippen LogP contribution in [0.3, 0.4) is 0 Å². The van der Waals surface area contributed by atoms with E-state index in [1.54, 1.807) is 36.4 Å². The predicted octanol–water partition coefficient (Wildman–Crippen LogP) is 2.14. The highest BCUT2D eigenvalue weighted by Crippen LogP contribution is 2.15. The molecule has 2 amide bonds. The van der Waals surface area contributed by atoms with Crippen molar-refractivity contribution in [2.24, 2.45) is 0 Å². The molecule has 25 heavy (non-hydrogen) atoms. The smallest absolute Gasteiger partial charge is 0.258 e. The van der Waals surface area contributed by atoms with Crippen LogP contribution in [0, 0.1) is 3.57 Å². The number of carbonyl (C=O) groups excluding carboxylic acids is 2. The minimum Gasteiger partial charge on any atom is -0.395 e. The molecule has 2 aromatic carbocycles. The molecule has 0 aliphatic heterocycles. The van der Waals surface area contributed by atoms with Crippen molar-refractivity contribution in [2.75, 3.05) is 18.5 Å². The van der Waals surface area contributed by atoms with Crippen LogP contribution < -0.4 is 16.0 Å². The lowest BCUT2D eigenvalue weighted by Crippen LogP contribution is -2.35. The highest BCUT2D eigenvalue weighted by molar-refractivity contribution is 14.1. The summed E-state index contributed by atoms with van der Waals surface area (Å²) in [6.07, 6.45) is 0. The third-order valence-electron chi connectivity index (χ3n) is 3.16. The molecular formula is C17H16IN3O3S. The number of halogens is 1. The lowest BCUT2D eigenvalue weighted by molar-refractivity contribution is 0.0944. The van der Waals surface area contributed by atoms with E-state index in [4.69, 9.17) is 17.3 Å². The molecule has 0 saturated heterocycles. The van der Waals surface area contributed by atoms with Crippen molar-refractivity contribution >= 4 is 57.4 Å². The van der Waals surface area contributed by atoms with Gasteiger partial charge in [-0.3, -0.25) is 14.9 Å². The van der Waals surface area contributed by atoms with Gasteiger partial charge in [-0.2, -0.15) is 0 Å². The summed E-state index contributed by atoms with van der Waals surface area (Å²) >= 11 is 7.25. The first-order valence-corrected chi connectivity index (χ1v) is 8.86. The van der Waals surface area contributed by atoms with E-state index in [1.807, 2.05) is 12.1 Å². The molecule has 0 heterocycles. The maximum Gasteiger partial charge on any atom is 0.258 e. The summed E-state index contributed by atoms with van der Waals surface area (Å²) in [6.45, 7) is 0.00626. The molecule has 130 valence electrons. The minimum absolute atomic E-state index is 0.0899. The summed E-state index contributed by atoms with van der Waals surface area (Å²) in [6, 6.07) is 13.9. The minimum atomic E-state index is -0.344. The number of carbonyl (C=O) groups is 2. The molecule has 0 aliphatic carbocycles. The van der Waals surface area contributed by atoms with Crippen molar-refractivity contribution in [1.29, 1.82) is 0 Å². The lowest BCUT2D eigenvalue weighted by Gasteiger charge is -2.13. The number of aliphatic hydroxyl groups excluding tert-OH is 1. The van der Waals surface area contributed by atoms with Crippen LogP contribution in [-0.2, 0) is 0 Å². The Balaban J connectivity index is 2.07. The Morgan fingerprint density at radius 3 is 2.32 bits per heavy atom. The standard InChI is InChI=1S/C17H16IN3O3S/c18-13-7-3-1-5-11(13)16(24)21-17(25)20-14-8-4-2-6-12(14)15(23)19-9-10-22/h1-8,22H,9-10H2,(H,19,23)(H2,20,21,24,25). The van der Waals surface area contributed by atoms with Crippen LogP contribution >= 0.6 is 34.8 Å². The largest absolute Gasteiger partial charge is 0.395 e. The number of para-hydroxylation sites is 1. The molecule has 0 saturated carbocycles. The van der Waals surface area contributed by atoms with Crippen LogP contribution in [-0.4, -0.2) is 35.2 Å². The van der Waals surface area contributed by atoms with Gasteiger partial charge in [0.05, 0.1) is 23.4 Å². The van der Waals surface area contributed by atoms with Crippen molar-refractivity contribution in [3.05, 3.63) is 63.2 Å². The summed E-state index contributed by atoms with van der Waals surface area (Å²) in [5.41, 5.74) is 1.34. The van der Waals surface area contributed by atoms with Gasteiger partial charge in [0.2, 0.25) is 0 Å². The Labute approximate surface area is 164 Å². The highest BCUT2D eigenvalue weighted by Gasteiger charge is 2.14. The van der Waals surface area contributed by atoms with Gasteiger partial charge in [-0.25, -0.2) is 0 Å². The molecule has 0 bridgehead atoms. The third kappa shape index (κ3) is 5.48. The van der Waals surface area contributed by atoms with Gasteiger partial charge in [-0.15, -0.1) is 0 Å². The fourth-order valence-electron chi connectivity index (χ4n) is 2.02. The number of rotatable bonds is 5. The summed E-state index contributed by atoms with van der Waals surface area (Å²) < 4.78 is 0.809. The zero-order valence-electron chi connectivity index (χ0n) is 13.1. The van der Waals surface area contributed by atoms with Crippen LogP contribution in [0.2, 0.25) is 0 Å². The number of amides is 2. The molecule has 0 radical (unpaired) electrons. The second-order valence-electron chi connectivity index (χ2n) is 4.91. The van der Waals surface area contributed by atoms with Crippen LogP contribution in [0.5, 0.6) is 0 Å². The molecule has 8 heteroatoms. The molecule has 4 N–H and O–H groups in total. The zero-order valence-corrected chi connectivity index (χ0v) is 16.1. The second kappa shape index (κ2) is 9.44. The number of hydrogen-bond acceptors (Lipinski definition) is 4. The van der Waals surface area contributed by atoms with E-state index in [2.05, 4.69) is 38.5 Å². The Bertz CT molecular complexity index is 798. The van der Waals surface area contributed by atoms with Crippen LogP contribution in [0.15, 0.2) is 48.5 Å². The van der Waals surface area contributed by atoms with Gasteiger partial charge in [0, 0.05) is 10.1 Å². The van der Waals surface area contributed by atoms with E-state index in [0.29, 0.717) is 16.8 Å². The zero-order chi connectivity index (χ0) is 18.2. The molecule has 0 aliphatic rings. The topological polar surface area (TPSA) is 90.5 Å². The van der Waals surface area contributed by atoms with E-state index >= 15 is 0 Å². The average molecular weight is 469 g/mol. The molecule has 2 rings (SSSR count). The lowest BCUT2D eigenvalue weighted by atomic mass is 10.1. The molecule has 0 unspecified atom stereocenters. The number of hydrogen-bond donors (Lipinski definition) is 4. The third-order valence-corrected chi connectivity index (χ3v) is 4.31. The van der Waals surface area contributed by atoms with Gasteiger partial charge < -0.3 is 15.7 Å². The summed E-state index contributed by atoms with van der Waals surface area (Å²) in [7, 11) is 0. The highest BCUT2D eigenvalue weighted by atomic mass is 127. The van der Waals surface area contributed by atoms with Crippen molar-refractivity contribution in [3.63, 3.8) is 0 Å². The average Bonchev–Trinajstić information content (AvgIpc) is 2.60. The first kappa shape index (κ1) is 19.3.